The molecule has 230 valence electrons. The summed E-state index contributed by atoms with van der Waals surface area (Å²) in [5, 5.41) is 8.00. The van der Waals surface area contributed by atoms with Crippen LogP contribution in [0.25, 0.3) is 56.0 Å². The molecule has 6 heterocycles. The molecule has 15 heteroatoms. The zero-order valence-electron chi connectivity index (χ0n) is 23.9. The maximum atomic E-state index is 14.6. The predicted octanol–water partition coefficient (Wildman–Crippen LogP) is 4.65. The van der Waals surface area contributed by atoms with E-state index < -0.39 is 21.8 Å². The number of rotatable bonds is 8. The fourth-order valence-electron chi connectivity index (χ4n) is 5.56. The minimum atomic E-state index is -3.46. The van der Waals surface area contributed by atoms with Crippen molar-refractivity contribution in [1.82, 2.24) is 44.7 Å². The van der Waals surface area contributed by atoms with Crippen molar-refractivity contribution in [2.45, 2.75) is 25.4 Å². The minimum absolute atomic E-state index is 0.0614. The van der Waals surface area contributed by atoms with Crippen LogP contribution in [0.4, 0.5) is 13.2 Å². The number of aromatic nitrogens is 7. The molecule has 11 nitrogen and oxygen atoms in total. The molecule has 1 aliphatic rings. The molecule has 0 unspecified atom stereocenters. The molecule has 0 amide bonds. The number of H-pyrrole nitrogens is 2. The molecule has 0 bridgehead atoms. The van der Waals surface area contributed by atoms with Crippen LogP contribution in [0.1, 0.15) is 17.5 Å². The van der Waals surface area contributed by atoms with Gasteiger partial charge in [-0.25, -0.2) is 41.3 Å². The van der Waals surface area contributed by atoms with Crippen molar-refractivity contribution in [2.24, 2.45) is 0 Å². The van der Waals surface area contributed by atoms with Crippen molar-refractivity contribution >= 4 is 32.2 Å². The molecule has 1 saturated heterocycles. The van der Waals surface area contributed by atoms with E-state index in [1.807, 2.05) is 12.1 Å². The average Bonchev–Trinajstić information content (AvgIpc) is 3.71. The summed E-state index contributed by atoms with van der Waals surface area (Å²) in [5.41, 5.74) is 5.91. The Balaban J connectivity index is 1.22. The first-order chi connectivity index (χ1) is 21.5. The second-order valence-corrected chi connectivity index (χ2v) is 13.0. The number of hydrogen-bond acceptors (Lipinski definition) is 8. The number of nitrogens with one attached hydrogen (secondary N) is 3. The molecule has 6 aromatic rings. The number of sulfonamides is 1. The number of alkyl halides is 2. The second kappa shape index (κ2) is 11.0. The van der Waals surface area contributed by atoms with Crippen LogP contribution in [0.15, 0.2) is 61.2 Å². The smallest absolute Gasteiger partial charge is 0.261 e. The molecule has 7 rings (SSSR count). The van der Waals surface area contributed by atoms with E-state index in [1.54, 1.807) is 41.8 Å². The standard InChI is InChI=1S/C30H26F3N9O2S/c1-45(43,44)37-12-17-6-19(9-22(31)8-17)23-2-4-35-28-25(23)38-29(39-28)26-24-10-21(14-36-27(24)41-40-26)20-7-18(11-34-13-20)15-42-5-3-30(32,33)16-42/h2,4,6-11,13-14,37H,3,5,12,15-16H2,1H3,(H,35,38,39)(H,36,40,41). The van der Waals surface area contributed by atoms with E-state index in [-0.39, 0.29) is 19.5 Å². The van der Waals surface area contributed by atoms with E-state index in [0.29, 0.717) is 63.5 Å². The van der Waals surface area contributed by atoms with Gasteiger partial charge in [0.25, 0.3) is 5.92 Å². The molecular weight excluding hydrogens is 607 g/mol. The first-order valence-electron chi connectivity index (χ1n) is 14.0. The third-order valence-electron chi connectivity index (χ3n) is 7.63. The van der Waals surface area contributed by atoms with E-state index in [2.05, 4.69) is 39.8 Å². The number of hydrogen-bond donors (Lipinski definition) is 3. The minimum Gasteiger partial charge on any atom is -0.335 e. The number of nitrogens with zero attached hydrogens (tertiary/aromatic N) is 6. The fourth-order valence-corrected chi connectivity index (χ4v) is 5.99. The van der Waals surface area contributed by atoms with Gasteiger partial charge in [0.05, 0.1) is 23.7 Å². The van der Waals surface area contributed by atoms with Crippen LogP contribution < -0.4 is 4.72 Å². The molecule has 0 aliphatic carbocycles. The molecule has 3 N–H and O–H groups in total. The molecule has 45 heavy (non-hydrogen) atoms. The van der Waals surface area contributed by atoms with Gasteiger partial charge in [0.2, 0.25) is 10.0 Å². The van der Waals surface area contributed by atoms with Crippen LogP contribution in [-0.2, 0) is 23.1 Å². The van der Waals surface area contributed by atoms with Crippen LogP contribution >= 0.6 is 0 Å². The van der Waals surface area contributed by atoms with E-state index in [9.17, 15) is 21.6 Å². The molecule has 0 spiro atoms. The lowest BCUT2D eigenvalue weighted by Crippen LogP contribution is -2.24. The number of fused-ring (bicyclic) bond motifs is 2. The monoisotopic (exact) mass is 633 g/mol. The summed E-state index contributed by atoms with van der Waals surface area (Å²) in [7, 11) is -3.46. The molecule has 0 radical (unpaired) electrons. The van der Waals surface area contributed by atoms with Gasteiger partial charge in [0.15, 0.2) is 17.1 Å². The number of imidazole rings is 1. The van der Waals surface area contributed by atoms with Crippen molar-refractivity contribution in [2.75, 3.05) is 19.3 Å². The topological polar surface area (TPSA) is 145 Å². The fraction of sp³-hybridized carbons (Fsp3) is 0.233. The highest BCUT2D eigenvalue weighted by Crippen LogP contribution is 2.33. The summed E-state index contributed by atoms with van der Waals surface area (Å²) >= 11 is 0. The van der Waals surface area contributed by atoms with Gasteiger partial charge < -0.3 is 4.98 Å². The van der Waals surface area contributed by atoms with Crippen LogP contribution in [-0.4, -0.2) is 73.7 Å². The lowest BCUT2D eigenvalue weighted by molar-refractivity contribution is 0.0115. The summed E-state index contributed by atoms with van der Waals surface area (Å²) in [5.74, 6) is -2.75. The number of halogens is 3. The number of aromatic amines is 2. The molecule has 1 aliphatic heterocycles. The Morgan fingerprint density at radius 1 is 1.00 bits per heavy atom. The van der Waals surface area contributed by atoms with Crippen LogP contribution in [0.5, 0.6) is 0 Å². The SMILES string of the molecule is CS(=O)(=O)NCc1cc(F)cc(-c2ccnc3nc(-c4[nH]nc5ncc(-c6cncc(CN7CCC(F)(F)C7)c6)cc45)[nH]c23)c1. The zero-order valence-corrected chi connectivity index (χ0v) is 24.7. The van der Waals surface area contributed by atoms with Crippen molar-refractivity contribution in [3.8, 4) is 33.8 Å². The van der Waals surface area contributed by atoms with E-state index >= 15 is 0 Å². The van der Waals surface area contributed by atoms with Gasteiger partial charge in [-0.15, -0.1) is 0 Å². The van der Waals surface area contributed by atoms with Gasteiger partial charge in [-0.05, 0) is 53.1 Å². The third-order valence-corrected chi connectivity index (χ3v) is 8.30. The Morgan fingerprint density at radius 2 is 1.82 bits per heavy atom. The summed E-state index contributed by atoms with van der Waals surface area (Å²) < 4.78 is 67.5. The highest BCUT2D eigenvalue weighted by Gasteiger charge is 2.37. The number of likely N-dealkylation sites (tertiary alicyclic amines) is 1. The van der Waals surface area contributed by atoms with E-state index in [0.717, 1.165) is 22.9 Å². The lowest BCUT2D eigenvalue weighted by atomic mass is 10.0. The van der Waals surface area contributed by atoms with Crippen molar-refractivity contribution < 1.29 is 21.6 Å². The zero-order chi connectivity index (χ0) is 31.3. The Labute approximate surface area is 255 Å². The molecular formula is C30H26F3N9O2S. The van der Waals surface area contributed by atoms with Crippen LogP contribution in [0.2, 0.25) is 0 Å². The Kier molecular flexibility index (Phi) is 7.10. The van der Waals surface area contributed by atoms with E-state index in [1.165, 1.54) is 12.1 Å². The van der Waals surface area contributed by atoms with Gasteiger partial charge in [0, 0.05) is 67.5 Å². The molecule has 1 fully saturated rings. The maximum Gasteiger partial charge on any atom is 0.261 e. The summed E-state index contributed by atoms with van der Waals surface area (Å²) in [6, 6.07) is 9.88. The molecule has 1 aromatic carbocycles. The highest BCUT2D eigenvalue weighted by molar-refractivity contribution is 7.88. The first kappa shape index (κ1) is 29.0. The lowest BCUT2D eigenvalue weighted by Gasteiger charge is -2.15. The molecule has 0 atom stereocenters. The third kappa shape index (κ3) is 6.14. The van der Waals surface area contributed by atoms with Gasteiger partial charge in [-0.3, -0.25) is 15.0 Å². The largest absolute Gasteiger partial charge is 0.335 e. The predicted molar refractivity (Wildman–Crippen MR) is 162 cm³/mol. The normalized spacial score (nSPS) is 15.4. The summed E-state index contributed by atoms with van der Waals surface area (Å²) in [4.78, 5) is 22.9. The van der Waals surface area contributed by atoms with Crippen LogP contribution in [0, 0.1) is 5.82 Å². The van der Waals surface area contributed by atoms with Crippen LogP contribution in [0.3, 0.4) is 0 Å². The van der Waals surface area contributed by atoms with Crippen molar-refractivity contribution in [3.63, 3.8) is 0 Å². The van der Waals surface area contributed by atoms with E-state index in [4.69, 9.17) is 0 Å². The van der Waals surface area contributed by atoms with Gasteiger partial charge in [-0.1, -0.05) is 0 Å². The molecule has 5 aromatic heterocycles. The number of pyridine rings is 3. The summed E-state index contributed by atoms with van der Waals surface area (Å²) in [6.07, 6.45) is 7.51. The Hall–Kier alpha value is -4.73. The Morgan fingerprint density at radius 3 is 2.62 bits per heavy atom. The second-order valence-electron chi connectivity index (χ2n) is 11.2. The first-order valence-corrected chi connectivity index (χ1v) is 15.9. The average molecular weight is 634 g/mol. The van der Waals surface area contributed by atoms with Gasteiger partial charge in [0.1, 0.15) is 11.5 Å². The van der Waals surface area contributed by atoms with Gasteiger partial charge in [-0.2, -0.15) is 5.10 Å². The molecule has 0 saturated carbocycles. The highest BCUT2D eigenvalue weighted by atomic mass is 32.2. The quantitative estimate of drug-likeness (QED) is 0.220. The number of benzene rings is 1. The van der Waals surface area contributed by atoms with Crippen molar-refractivity contribution in [1.29, 1.82) is 0 Å². The summed E-state index contributed by atoms with van der Waals surface area (Å²) in [6.45, 7) is 0.377. The van der Waals surface area contributed by atoms with Crippen molar-refractivity contribution in [3.05, 3.63) is 78.1 Å². The maximum absolute atomic E-state index is 14.6. The Bertz CT molecular complexity index is 2180. The van der Waals surface area contributed by atoms with Gasteiger partial charge >= 0.3 is 0 Å².